The first-order chi connectivity index (χ1) is 12.4. The minimum atomic E-state index is -0.953. The van der Waals surface area contributed by atoms with Crippen molar-refractivity contribution in [2.75, 3.05) is 26.4 Å². The van der Waals surface area contributed by atoms with E-state index >= 15 is 0 Å². The number of rotatable bonds is 1. The molecule has 26 heavy (non-hydrogen) atoms. The van der Waals surface area contributed by atoms with E-state index in [2.05, 4.69) is 9.47 Å². The first-order valence-corrected chi connectivity index (χ1v) is 7.32. The predicted octanol–water partition coefficient (Wildman–Crippen LogP) is 0.398. The third-order valence-electron chi connectivity index (χ3n) is 3.05. The lowest BCUT2D eigenvalue weighted by molar-refractivity contribution is -0.384. The van der Waals surface area contributed by atoms with Gasteiger partial charge in [0.2, 0.25) is 0 Å². The molecule has 1 aliphatic rings. The Hall–Kier alpha value is -3.50. The average Bonchev–Trinajstić information content (AvgIpc) is 2.60. The Labute approximate surface area is 145 Å². The molecule has 2 rings (SSSR count). The van der Waals surface area contributed by atoms with Gasteiger partial charge in [0.15, 0.2) is 0 Å². The maximum absolute atomic E-state index is 12.0. The van der Waals surface area contributed by atoms with Crippen molar-refractivity contribution < 1.29 is 43.0 Å². The van der Waals surface area contributed by atoms with Gasteiger partial charge in [0, 0.05) is 12.1 Å². The van der Waals surface area contributed by atoms with Gasteiger partial charge in [-0.2, -0.15) is 0 Å². The summed E-state index contributed by atoms with van der Waals surface area (Å²) >= 11 is 0. The summed E-state index contributed by atoms with van der Waals surface area (Å²) in [5.74, 6) is -3.67. The zero-order chi connectivity index (χ0) is 19.1. The number of nitro groups is 1. The van der Waals surface area contributed by atoms with E-state index in [1.54, 1.807) is 0 Å². The summed E-state index contributed by atoms with van der Waals surface area (Å²) in [7, 11) is 0. The van der Waals surface area contributed by atoms with Crippen LogP contribution in [0.1, 0.15) is 27.1 Å². The molecule has 1 aliphatic heterocycles. The number of benzene rings is 1. The van der Waals surface area contributed by atoms with Gasteiger partial charge < -0.3 is 18.9 Å². The van der Waals surface area contributed by atoms with E-state index in [0.717, 1.165) is 18.2 Å². The third-order valence-corrected chi connectivity index (χ3v) is 3.05. The molecule has 0 N–H and O–H groups in total. The van der Waals surface area contributed by atoms with E-state index in [4.69, 9.17) is 9.47 Å². The van der Waals surface area contributed by atoms with Crippen molar-refractivity contribution in [3.63, 3.8) is 0 Å². The van der Waals surface area contributed by atoms with E-state index in [9.17, 15) is 29.3 Å². The summed E-state index contributed by atoms with van der Waals surface area (Å²) < 4.78 is 19.0. The minimum absolute atomic E-state index is 0.240. The third kappa shape index (κ3) is 5.26. The summed E-state index contributed by atoms with van der Waals surface area (Å²) in [5.41, 5.74) is -0.989. The molecular formula is C15H13NO10. The van der Waals surface area contributed by atoms with E-state index in [1.807, 2.05) is 0 Å². The molecule has 138 valence electrons. The van der Waals surface area contributed by atoms with Gasteiger partial charge in [0.05, 0.1) is 16.1 Å². The van der Waals surface area contributed by atoms with Gasteiger partial charge in [-0.15, -0.1) is 0 Å². The molecule has 0 atom stereocenters. The number of cyclic esters (lactones) is 4. The number of carbonyl (C=O) groups is 4. The Balaban J connectivity index is 2.25. The highest BCUT2D eigenvalue weighted by Gasteiger charge is 2.20. The monoisotopic (exact) mass is 367 g/mol. The fourth-order valence-electron chi connectivity index (χ4n) is 1.92. The minimum Gasteiger partial charge on any atom is -0.462 e. The number of esters is 4. The quantitative estimate of drug-likeness (QED) is 0.224. The molecule has 11 nitrogen and oxygen atoms in total. The Morgan fingerprint density at radius 1 is 0.731 bits per heavy atom. The molecule has 2 bridgehead atoms. The van der Waals surface area contributed by atoms with E-state index < -0.39 is 40.9 Å². The van der Waals surface area contributed by atoms with Crippen LogP contribution in [0.3, 0.4) is 0 Å². The molecule has 0 saturated heterocycles. The van der Waals surface area contributed by atoms with Gasteiger partial charge in [-0.25, -0.2) is 9.59 Å². The van der Waals surface area contributed by atoms with Gasteiger partial charge >= 0.3 is 23.9 Å². The fourth-order valence-corrected chi connectivity index (χ4v) is 1.92. The van der Waals surface area contributed by atoms with Crippen LogP contribution >= 0.6 is 0 Å². The first-order valence-electron chi connectivity index (χ1n) is 7.32. The second kappa shape index (κ2) is 8.55. The van der Waals surface area contributed by atoms with Gasteiger partial charge in [-0.05, 0) is 6.07 Å². The van der Waals surface area contributed by atoms with E-state index in [0.29, 0.717) is 0 Å². The number of nitrogens with zero attached hydrogens (tertiary/aromatic N) is 1. The number of carbonyl (C=O) groups excluding carboxylic acids is 4. The highest BCUT2D eigenvalue weighted by molar-refractivity contribution is 5.96. The van der Waals surface area contributed by atoms with Crippen molar-refractivity contribution in [1.82, 2.24) is 0 Å². The topological polar surface area (TPSA) is 148 Å². The van der Waals surface area contributed by atoms with Crippen molar-refractivity contribution in [3.05, 3.63) is 39.4 Å². The van der Waals surface area contributed by atoms with Crippen molar-refractivity contribution in [2.24, 2.45) is 0 Å². The van der Waals surface area contributed by atoms with Crippen LogP contribution < -0.4 is 0 Å². The number of non-ortho nitro benzene ring substituents is 1. The smallest absolute Gasteiger partial charge is 0.338 e. The molecule has 1 aromatic rings. The summed E-state index contributed by atoms with van der Waals surface area (Å²) in [6.45, 7) is -1.33. The van der Waals surface area contributed by atoms with Crippen LogP contribution in [-0.4, -0.2) is 55.2 Å². The molecule has 0 unspecified atom stereocenters. The number of ether oxygens (including phenoxy) is 4. The molecular weight excluding hydrogens is 354 g/mol. The average molecular weight is 367 g/mol. The lowest BCUT2D eigenvalue weighted by Crippen LogP contribution is -2.20. The Morgan fingerprint density at radius 2 is 1.15 bits per heavy atom. The largest absolute Gasteiger partial charge is 0.462 e. The van der Waals surface area contributed by atoms with E-state index in [-0.39, 0.29) is 37.6 Å². The van der Waals surface area contributed by atoms with Gasteiger partial charge in [0.25, 0.3) is 5.69 Å². The molecule has 0 radical (unpaired) electrons. The number of nitro benzene ring substituents is 1. The van der Waals surface area contributed by atoms with Gasteiger partial charge in [0.1, 0.15) is 32.8 Å². The summed E-state index contributed by atoms with van der Waals surface area (Å²) in [6.07, 6.45) is -0.646. The molecule has 0 amide bonds. The summed E-state index contributed by atoms with van der Waals surface area (Å²) in [5, 5.41) is 11.0. The van der Waals surface area contributed by atoms with Crippen LogP contribution in [0.25, 0.3) is 0 Å². The molecule has 11 heteroatoms. The molecule has 0 saturated carbocycles. The standard InChI is InChI=1S/C15H13NO10/c17-12-8-13(18)24-2-4-26-15(20)10-5-9(6-11(7-10)16(21)22)14(19)25-3-1-23-12/h5-7H,1-4,8H2. The second-order valence-electron chi connectivity index (χ2n) is 4.92. The van der Waals surface area contributed by atoms with Crippen LogP contribution in [0.5, 0.6) is 0 Å². The SMILES string of the molecule is O=C1CC(=O)OCCOC(=O)c2cc(cc([N+](=O)[O-])c2)C(=O)OCCO1. The maximum Gasteiger partial charge on any atom is 0.338 e. The van der Waals surface area contributed by atoms with Crippen LogP contribution in [0, 0.1) is 10.1 Å². The van der Waals surface area contributed by atoms with Crippen molar-refractivity contribution in [2.45, 2.75) is 6.42 Å². The van der Waals surface area contributed by atoms with Crippen molar-refractivity contribution in [3.8, 4) is 0 Å². The summed E-state index contributed by atoms with van der Waals surface area (Å²) in [4.78, 5) is 56.9. The number of hydrogen-bond acceptors (Lipinski definition) is 10. The second-order valence-corrected chi connectivity index (χ2v) is 4.92. The normalized spacial score (nSPS) is 16.8. The van der Waals surface area contributed by atoms with Crippen LogP contribution in [0.2, 0.25) is 0 Å². The first kappa shape index (κ1) is 18.8. The highest BCUT2D eigenvalue weighted by Crippen LogP contribution is 2.19. The van der Waals surface area contributed by atoms with E-state index in [1.165, 1.54) is 0 Å². The summed E-state index contributed by atoms with van der Waals surface area (Å²) in [6, 6.07) is 2.95. The van der Waals surface area contributed by atoms with Gasteiger partial charge in [-0.3, -0.25) is 19.7 Å². The Morgan fingerprint density at radius 3 is 1.58 bits per heavy atom. The lowest BCUT2D eigenvalue weighted by Gasteiger charge is -2.10. The van der Waals surface area contributed by atoms with Crippen LogP contribution in [0.4, 0.5) is 5.69 Å². The highest BCUT2D eigenvalue weighted by atomic mass is 16.6. The molecule has 0 aliphatic carbocycles. The zero-order valence-electron chi connectivity index (χ0n) is 13.3. The fraction of sp³-hybridized carbons (Fsp3) is 0.333. The van der Waals surface area contributed by atoms with Crippen molar-refractivity contribution in [1.29, 1.82) is 0 Å². The van der Waals surface area contributed by atoms with Crippen LogP contribution in [0.15, 0.2) is 18.2 Å². The Bertz CT molecular complexity index is 705. The Kier molecular flexibility index (Phi) is 6.20. The lowest BCUT2D eigenvalue weighted by atomic mass is 10.1. The van der Waals surface area contributed by atoms with Gasteiger partial charge in [-0.1, -0.05) is 0 Å². The molecule has 0 spiro atoms. The van der Waals surface area contributed by atoms with Crippen LogP contribution in [-0.2, 0) is 28.5 Å². The predicted molar refractivity (Wildman–Crippen MR) is 80.2 cm³/mol. The number of hydrogen-bond donors (Lipinski definition) is 0. The molecule has 1 heterocycles. The molecule has 0 aromatic heterocycles. The molecule has 1 aromatic carbocycles. The molecule has 0 fully saturated rings. The maximum atomic E-state index is 12.0. The van der Waals surface area contributed by atoms with Crippen molar-refractivity contribution >= 4 is 29.6 Å². The number of fused-ring (bicyclic) bond motifs is 2. The zero-order valence-corrected chi connectivity index (χ0v) is 13.3.